The number of rotatable bonds is 4. The number of aromatic nitrogens is 4. The van der Waals surface area contributed by atoms with E-state index in [0.29, 0.717) is 28.5 Å². The summed E-state index contributed by atoms with van der Waals surface area (Å²) < 4.78 is 10.7. The fraction of sp³-hybridized carbons (Fsp3) is 0.214. The highest BCUT2D eigenvalue weighted by Gasteiger charge is 2.13. The zero-order valence-corrected chi connectivity index (χ0v) is 13.0. The zero-order valence-electron chi connectivity index (χ0n) is 12.3. The molecule has 22 heavy (non-hydrogen) atoms. The lowest BCUT2D eigenvalue weighted by atomic mass is 10.2. The van der Waals surface area contributed by atoms with Crippen molar-refractivity contribution in [3.8, 4) is 11.5 Å². The van der Waals surface area contributed by atoms with Crippen LogP contribution in [0.15, 0.2) is 18.5 Å². The summed E-state index contributed by atoms with van der Waals surface area (Å²) in [6, 6.07) is 3.75. The van der Waals surface area contributed by atoms with Gasteiger partial charge in [0.2, 0.25) is 5.28 Å². The third-order valence-electron chi connectivity index (χ3n) is 3.19. The van der Waals surface area contributed by atoms with E-state index in [1.165, 1.54) is 0 Å². The van der Waals surface area contributed by atoms with E-state index in [0.717, 1.165) is 11.3 Å². The summed E-state index contributed by atoms with van der Waals surface area (Å²) in [4.78, 5) is 15.3. The Bertz CT molecular complexity index is 833. The van der Waals surface area contributed by atoms with Crippen LogP contribution >= 0.6 is 11.6 Å². The molecule has 8 heteroatoms. The van der Waals surface area contributed by atoms with E-state index in [-0.39, 0.29) is 5.28 Å². The SMILES string of the molecule is COc1cc(Nc2nc(Cl)nc3nc[nH]c23)cc(C)c1OC. The molecule has 0 aliphatic carbocycles. The maximum atomic E-state index is 5.92. The molecule has 0 fully saturated rings. The number of benzene rings is 1. The van der Waals surface area contributed by atoms with Crippen LogP contribution in [-0.4, -0.2) is 34.2 Å². The van der Waals surface area contributed by atoms with Crippen LogP contribution in [0.1, 0.15) is 5.56 Å². The average molecular weight is 320 g/mol. The lowest BCUT2D eigenvalue weighted by Gasteiger charge is -2.14. The van der Waals surface area contributed by atoms with Gasteiger partial charge in [0.05, 0.1) is 20.5 Å². The van der Waals surface area contributed by atoms with Gasteiger partial charge >= 0.3 is 0 Å². The lowest BCUT2D eigenvalue weighted by molar-refractivity contribution is 0.353. The minimum Gasteiger partial charge on any atom is -0.493 e. The Kier molecular flexibility index (Phi) is 3.72. The van der Waals surface area contributed by atoms with Crippen LogP contribution < -0.4 is 14.8 Å². The second-order valence-electron chi connectivity index (χ2n) is 4.60. The Balaban J connectivity index is 2.05. The molecule has 114 valence electrons. The number of anilines is 2. The standard InChI is InChI=1S/C14H14ClN5O2/c1-7-4-8(5-9(21-2)11(7)22-3)18-13-10-12(17-6-16-10)19-14(15)20-13/h4-6H,1-3H3,(H2,16,17,18,19,20). The monoisotopic (exact) mass is 319 g/mol. The van der Waals surface area contributed by atoms with Crippen LogP contribution in [0.3, 0.4) is 0 Å². The summed E-state index contributed by atoms with van der Waals surface area (Å²) in [7, 11) is 3.20. The summed E-state index contributed by atoms with van der Waals surface area (Å²) in [6.07, 6.45) is 1.54. The lowest BCUT2D eigenvalue weighted by Crippen LogP contribution is -2.00. The topological polar surface area (TPSA) is 85.0 Å². The highest BCUT2D eigenvalue weighted by Crippen LogP contribution is 2.35. The van der Waals surface area contributed by atoms with Gasteiger partial charge in [-0.1, -0.05) is 0 Å². The second-order valence-corrected chi connectivity index (χ2v) is 4.93. The van der Waals surface area contributed by atoms with E-state index in [2.05, 4.69) is 25.3 Å². The number of H-pyrrole nitrogens is 1. The molecule has 0 saturated heterocycles. The van der Waals surface area contributed by atoms with Gasteiger partial charge in [-0.2, -0.15) is 9.97 Å². The molecule has 1 aromatic carbocycles. The minimum absolute atomic E-state index is 0.124. The van der Waals surface area contributed by atoms with E-state index >= 15 is 0 Å². The summed E-state index contributed by atoms with van der Waals surface area (Å²) in [6.45, 7) is 1.94. The number of imidazole rings is 1. The van der Waals surface area contributed by atoms with Gasteiger partial charge in [0.15, 0.2) is 23.0 Å². The second kappa shape index (κ2) is 5.69. The van der Waals surface area contributed by atoms with Crippen molar-refractivity contribution in [2.24, 2.45) is 0 Å². The fourth-order valence-electron chi connectivity index (χ4n) is 2.26. The molecule has 0 aliphatic rings. The van der Waals surface area contributed by atoms with Crippen molar-refractivity contribution in [1.82, 2.24) is 19.9 Å². The van der Waals surface area contributed by atoms with Gasteiger partial charge in [0, 0.05) is 11.8 Å². The van der Waals surface area contributed by atoms with Gasteiger partial charge < -0.3 is 19.8 Å². The summed E-state index contributed by atoms with van der Waals surface area (Å²) in [5, 5.41) is 3.32. The summed E-state index contributed by atoms with van der Waals surface area (Å²) in [5.74, 6) is 1.87. The Hall–Kier alpha value is -2.54. The van der Waals surface area contributed by atoms with Crippen LogP contribution in [0, 0.1) is 6.92 Å². The highest BCUT2D eigenvalue weighted by molar-refractivity contribution is 6.28. The Labute approximate surface area is 131 Å². The van der Waals surface area contributed by atoms with Gasteiger partial charge in [0.25, 0.3) is 0 Å². The fourth-order valence-corrected chi connectivity index (χ4v) is 2.43. The normalized spacial score (nSPS) is 10.7. The smallest absolute Gasteiger partial charge is 0.226 e. The Morgan fingerprint density at radius 2 is 2.00 bits per heavy atom. The molecule has 2 N–H and O–H groups in total. The third-order valence-corrected chi connectivity index (χ3v) is 3.35. The number of aryl methyl sites for hydroxylation is 1. The first-order valence-corrected chi connectivity index (χ1v) is 6.86. The number of hydrogen-bond acceptors (Lipinski definition) is 6. The molecule has 2 heterocycles. The number of halogens is 1. The van der Waals surface area contributed by atoms with Gasteiger partial charge in [-0.15, -0.1) is 0 Å². The predicted molar refractivity (Wildman–Crippen MR) is 84.3 cm³/mol. The number of methoxy groups -OCH3 is 2. The maximum absolute atomic E-state index is 5.92. The predicted octanol–water partition coefficient (Wildman–Crippen LogP) is 3.08. The van der Waals surface area contributed by atoms with E-state index < -0.39 is 0 Å². The molecule has 0 radical (unpaired) electrons. The van der Waals surface area contributed by atoms with Crippen LogP contribution in [0.2, 0.25) is 5.28 Å². The van der Waals surface area contributed by atoms with E-state index in [1.54, 1.807) is 20.5 Å². The first kappa shape index (κ1) is 14.4. The Morgan fingerprint density at radius 3 is 2.73 bits per heavy atom. The molecule has 0 saturated carbocycles. The van der Waals surface area contributed by atoms with E-state index in [1.807, 2.05) is 19.1 Å². The van der Waals surface area contributed by atoms with Gasteiger partial charge in [-0.05, 0) is 30.2 Å². The molecule has 2 aromatic heterocycles. The molecule has 0 aliphatic heterocycles. The van der Waals surface area contributed by atoms with Crippen molar-refractivity contribution in [3.05, 3.63) is 29.3 Å². The molecule has 0 amide bonds. The molecular weight excluding hydrogens is 306 g/mol. The summed E-state index contributed by atoms with van der Waals surface area (Å²) >= 11 is 5.92. The number of nitrogens with one attached hydrogen (secondary N) is 2. The van der Waals surface area contributed by atoms with E-state index in [4.69, 9.17) is 21.1 Å². The molecule has 0 atom stereocenters. The van der Waals surface area contributed by atoms with Gasteiger partial charge in [-0.3, -0.25) is 0 Å². The molecule has 3 rings (SSSR count). The molecular formula is C14H14ClN5O2. The van der Waals surface area contributed by atoms with Gasteiger partial charge in [0.1, 0.15) is 5.52 Å². The number of nitrogens with zero attached hydrogens (tertiary/aromatic N) is 3. The largest absolute Gasteiger partial charge is 0.493 e. The highest BCUT2D eigenvalue weighted by atomic mass is 35.5. The van der Waals surface area contributed by atoms with Crippen LogP contribution in [0.25, 0.3) is 11.2 Å². The third kappa shape index (κ3) is 2.50. The summed E-state index contributed by atoms with van der Waals surface area (Å²) in [5.41, 5.74) is 2.91. The van der Waals surface area contributed by atoms with E-state index in [9.17, 15) is 0 Å². The van der Waals surface area contributed by atoms with Crippen LogP contribution in [0.5, 0.6) is 11.5 Å². The van der Waals surface area contributed by atoms with Crippen LogP contribution in [0.4, 0.5) is 11.5 Å². The maximum Gasteiger partial charge on any atom is 0.226 e. The van der Waals surface area contributed by atoms with Crippen molar-refractivity contribution in [1.29, 1.82) is 0 Å². The average Bonchev–Trinajstić information content (AvgIpc) is 2.94. The van der Waals surface area contributed by atoms with Crippen molar-refractivity contribution in [3.63, 3.8) is 0 Å². The molecule has 0 unspecified atom stereocenters. The molecule has 0 spiro atoms. The zero-order chi connectivity index (χ0) is 15.7. The number of hydrogen-bond donors (Lipinski definition) is 2. The van der Waals surface area contributed by atoms with Crippen molar-refractivity contribution < 1.29 is 9.47 Å². The first-order chi connectivity index (χ1) is 10.6. The van der Waals surface area contributed by atoms with Crippen molar-refractivity contribution >= 4 is 34.3 Å². The van der Waals surface area contributed by atoms with Crippen molar-refractivity contribution in [2.45, 2.75) is 6.92 Å². The molecule has 3 aromatic rings. The van der Waals surface area contributed by atoms with Gasteiger partial charge in [-0.25, -0.2) is 4.98 Å². The quantitative estimate of drug-likeness (QED) is 0.719. The van der Waals surface area contributed by atoms with Crippen LogP contribution in [-0.2, 0) is 0 Å². The first-order valence-electron chi connectivity index (χ1n) is 6.48. The van der Waals surface area contributed by atoms with Crippen molar-refractivity contribution in [2.75, 3.05) is 19.5 Å². The number of aromatic amines is 1. The molecule has 7 nitrogen and oxygen atoms in total. The number of ether oxygens (including phenoxy) is 2. The minimum atomic E-state index is 0.124. The molecule has 0 bridgehead atoms. The number of fused-ring (bicyclic) bond motifs is 1. The Morgan fingerprint density at radius 1 is 1.18 bits per heavy atom.